The molecule has 19 heavy (non-hydrogen) atoms. The maximum atomic E-state index is 5.12. The van der Waals surface area contributed by atoms with Gasteiger partial charge in [0, 0.05) is 18.5 Å². The topological polar surface area (TPSA) is 34.1 Å². The van der Waals surface area contributed by atoms with Crippen LogP contribution in [0.25, 0.3) is 0 Å². The normalized spacial score (nSPS) is 12.8. The molecular weight excluding hydrogens is 256 g/mol. The zero-order chi connectivity index (χ0) is 14.1. The van der Waals surface area contributed by atoms with E-state index in [0.717, 1.165) is 19.6 Å². The lowest BCUT2D eigenvalue weighted by Gasteiger charge is -2.16. The van der Waals surface area contributed by atoms with Gasteiger partial charge in [-0.1, -0.05) is 33.1 Å². The van der Waals surface area contributed by atoms with Crippen molar-refractivity contribution in [1.29, 1.82) is 0 Å². The van der Waals surface area contributed by atoms with Crippen molar-refractivity contribution in [3.63, 3.8) is 0 Å². The Morgan fingerprint density at radius 3 is 2.68 bits per heavy atom. The number of aromatic nitrogens is 1. The zero-order valence-corrected chi connectivity index (χ0v) is 13.6. The molecule has 0 aromatic carbocycles. The van der Waals surface area contributed by atoms with Crippen molar-refractivity contribution in [3.05, 3.63) is 15.6 Å². The Hall–Kier alpha value is -0.450. The Kier molecular flexibility index (Phi) is 8.26. The molecule has 1 unspecified atom stereocenters. The molecule has 1 atom stereocenters. The summed E-state index contributed by atoms with van der Waals surface area (Å²) in [6.07, 6.45) is 6.03. The summed E-state index contributed by atoms with van der Waals surface area (Å²) in [5.41, 5.74) is 1.26. The predicted molar refractivity (Wildman–Crippen MR) is 83.0 cm³/mol. The number of nitrogens with one attached hydrogen (secondary N) is 1. The number of methoxy groups -OCH3 is 1. The highest BCUT2D eigenvalue weighted by atomic mass is 32.1. The monoisotopic (exact) mass is 284 g/mol. The third-order valence-corrected chi connectivity index (χ3v) is 4.46. The molecular formula is C15H28N2OS. The fourth-order valence-corrected chi connectivity index (χ4v) is 3.29. The summed E-state index contributed by atoms with van der Waals surface area (Å²) in [5, 5.41) is 4.83. The molecule has 4 heteroatoms. The quantitative estimate of drug-likeness (QED) is 0.662. The van der Waals surface area contributed by atoms with Crippen LogP contribution in [0.4, 0.5) is 0 Å². The molecule has 0 radical (unpaired) electrons. The summed E-state index contributed by atoms with van der Waals surface area (Å²) in [4.78, 5) is 6.17. The van der Waals surface area contributed by atoms with Crippen molar-refractivity contribution >= 4 is 11.3 Å². The Balaban J connectivity index is 2.63. The van der Waals surface area contributed by atoms with Gasteiger partial charge >= 0.3 is 0 Å². The number of aryl methyl sites for hydroxylation is 2. The number of thiazole rings is 1. The molecule has 1 aromatic heterocycles. The van der Waals surface area contributed by atoms with Gasteiger partial charge in [0.2, 0.25) is 0 Å². The van der Waals surface area contributed by atoms with Crippen molar-refractivity contribution in [2.24, 2.45) is 0 Å². The molecule has 1 aromatic rings. The smallest absolute Gasteiger partial charge is 0.110 e. The van der Waals surface area contributed by atoms with Crippen LogP contribution >= 0.6 is 11.3 Å². The van der Waals surface area contributed by atoms with E-state index < -0.39 is 0 Å². The van der Waals surface area contributed by atoms with Crippen molar-refractivity contribution < 1.29 is 4.74 Å². The molecule has 0 bridgehead atoms. The van der Waals surface area contributed by atoms with Crippen LogP contribution in [0.2, 0.25) is 0 Å². The van der Waals surface area contributed by atoms with Crippen LogP contribution < -0.4 is 5.32 Å². The zero-order valence-electron chi connectivity index (χ0n) is 12.8. The first-order valence-corrected chi connectivity index (χ1v) is 8.23. The summed E-state index contributed by atoms with van der Waals surface area (Å²) >= 11 is 1.85. The summed E-state index contributed by atoms with van der Waals surface area (Å²) in [6, 6.07) is 0.394. The number of hydrogen-bond acceptors (Lipinski definition) is 4. The fraction of sp³-hybridized carbons (Fsp3) is 0.800. The van der Waals surface area contributed by atoms with Crippen molar-refractivity contribution in [3.8, 4) is 0 Å². The number of hydrogen-bond donors (Lipinski definition) is 1. The van der Waals surface area contributed by atoms with Gasteiger partial charge < -0.3 is 10.1 Å². The molecule has 1 heterocycles. The Bertz CT molecular complexity index is 342. The van der Waals surface area contributed by atoms with Gasteiger partial charge in [-0.3, -0.25) is 0 Å². The molecule has 110 valence electrons. The molecule has 0 amide bonds. The molecule has 0 aliphatic heterocycles. The van der Waals surface area contributed by atoms with E-state index in [1.807, 2.05) is 11.3 Å². The predicted octanol–water partition coefficient (Wildman–Crippen LogP) is 3.87. The number of ether oxygens (including phenoxy) is 1. The molecule has 0 aliphatic carbocycles. The summed E-state index contributed by atoms with van der Waals surface area (Å²) in [6.45, 7) is 8.26. The average Bonchev–Trinajstić information content (AvgIpc) is 2.78. The third kappa shape index (κ3) is 5.59. The molecule has 0 saturated heterocycles. The molecule has 0 spiro atoms. The molecule has 0 aliphatic rings. The minimum atomic E-state index is 0.394. The van der Waals surface area contributed by atoms with Gasteiger partial charge in [-0.15, -0.1) is 11.3 Å². The van der Waals surface area contributed by atoms with E-state index in [0.29, 0.717) is 6.04 Å². The molecule has 1 rings (SSSR count). The van der Waals surface area contributed by atoms with Gasteiger partial charge in [0.15, 0.2) is 0 Å². The van der Waals surface area contributed by atoms with Gasteiger partial charge in [-0.05, 0) is 19.8 Å². The Labute approximate surface area is 121 Å². The van der Waals surface area contributed by atoms with E-state index in [2.05, 4.69) is 26.1 Å². The maximum absolute atomic E-state index is 5.12. The van der Waals surface area contributed by atoms with Crippen LogP contribution in [0.5, 0.6) is 0 Å². The first-order valence-electron chi connectivity index (χ1n) is 7.41. The first-order chi connectivity index (χ1) is 9.22. The number of unbranched alkanes of at least 4 members (excludes halogenated alkanes) is 2. The highest BCUT2D eigenvalue weighted by molar-refractivity contribution is 7.11. The van der Waals surface area contributed by atoms with Gasteiger partial charge in [-0.25, -0.2) is 4.98 Å². The number of nitrogens with zero attached hydrogens (tertiary/aromatic N) is 1. The summed E-state index contributed by atoms with van der Waals surface area (Å²) < 4.78 is 5.12. The summed E-state index contributed by atoms with van der Waals surface area (Å²) in [5.74, 6) is 0. The minimum absolute atomic E-state index is 0.394. The number of rotatable bonds is 10. The van der Waals surface area contributed by atoms with E-state index in [9.17, 15) is 0 Å². The molecule has 3 nitrogen and oxygen atoms in total. The second kappa shape index (κ2) is 9.45. The second-order valence-electron chi connectivity index (χ2n) is 4.90. The van der Waals surface area contributed by atoms with E-state index in [1.165, 1.54) is 41.3 Å². The maximum Gasteiger partial charge on any atom is 0.110 e. The van der Waals surface area contributed by atoms with Crippen LogP contribution in [0.3, 0.4) is 0 Å². The van der Waals surface area contributed by atoms with E-state index in [-0.39, 0.29) is 0 Å². The standard InChI is InChI=1S/C15H28N2OS/c1-5-7-8-9-14(16-10-11-18-4)15-17-13(6-2)12(3)19-15/h14,16H,5-11H2,1-4H3. The lowest BCUT2D eigenvalue weighted by atomic mass is 10.1. The molecule has 1 N–H and O–H groups in total. The molecule has 0 fully saturated rings. The van der Waals surface area contributed by atoms with Crippen molar-refractivity contribution in [2.45, 2.75) is 58.9 Å². The largest absolute Gasteiger partial charge is 0.383 e. The minimum Gasteiger partial charge on any atom is -0.383 e. The fourth-order valence-electron chi connectivity index (χ4n) is 2.17. The van der Waals surface area contributed by atoms with Crippen molar-refractivity contribution in [1.82, 2.24) is 10.3 Å². The van der Waals surface area contributed by atoms with E-state index in [4.69, 9.17) is 9.72 Å². The third-order valence-electron chi connectivity index (χ3n) is 3.34. The van der Waals surface area contributed by atoms with Crippen molar-refractivity contribution in [2.75, 3.05) is 20.3 Å². The van der Waals surface area contributed by atoms with Crippen LogP contribution in [0.1, 0.15) is 61.2 Å². The second-order valence-corrected chi connectivity index (χ2v) is 6.14. The average molecular weight is 284 g/mol. The van der Waals surface area contributed by atoms with Crippen LogP contribution in [-0.4, -0.2) is 25.2 Å². The van der Waals surface area contributed by atoms with E-state index >= 15 is 0 Å². The Morgan fingerprint density at radius 2 is 2.11 bits per heavy atom. The van der Waals surface area contributed by atoms with Gasteiger partial charge in [0.05, 0.1) is 18.3 Å². The lowest BCUT2D eigenvalue weighted by Crippen LogP contribution is -2.25. The van der Waals surface area contributed by atoms with Crippen LogP contribution in [-0.2, 0) is 11.2 Å². The van der Waals surface area contributed by atoms with E-state index in [1.54, 1.807) is 7.11 Å². The summed E-state index contributed by atoms with van der Waals surface area (Å²) in [7, 11) is 1.75. The highest BCUT2D eigenvalue weighted by Crippen LogP contribution is 2.27. The SMILES string of the molecule is CCCCCC(NCCOC)c1nc(CC)c(C)s1. The highest BCUT2D eigenvalue weighted by Gasteiger charge is 2.16. The Morgan fingerprint density at radius 1 is 1.32 bits per heavy atom. The van der Waals surface area contributed by atoms with Gasteiger partial charge in [-0.2, -0.15) is 0 Å². The first kappa shape index (κ1) is 16.6. The van der Waals surface area contributed by atoms with Crippen LogP contribution in [0, 0.1) is 6.92 Å². The lowest BCUT2D eigenvalue weighted by molar-refractivity contribution is 0.195. The van der Waals surface area contributed by atoms with Gasteiger partial charge in [0.25, 0.3) is 0 Å². The van der Waals surface area contributed by atoms with Crippen LogP contribution in [0.15, 0.2) is 0 Å². The molecule has 0 saturated carbocycles. The van der Waals surface area contributed by atoms with Gasteiger partial charge in [0.1, 0.15) is 5.01 Å².